The van der Waals surface area contributed by atoms with E-state index in [1.165, 1.54) is 45.1 Å². The van der Waals surface area contributed by atoms with E-state index in [1.807, 2.05) is 64.6 Å². The monoisotopic (exact) mass is 997 g/mol. The van der Waals surface area contributed by atoms with E-state index in [0.717, 1.165) is 30.0 Å². The number of ketones is 1. The highest BCUT2D eigenvalue weighted by molar-refractivity contribution is 7.99. The zero-order chi connectivity index (χ0) is 49.5. The van der Waals surface area contributed by atoms with Gasteiger partial charge in [0.1, 0.15) is 28.4 Å². The Kier molecular flexibility index (Phi) is 16.0. The fraction of sp³-hybridized carbons (Fsp3) is 0.411. The van der Waals surface area contributed by atoms with Crippen LogP contribution in [0.4, 0.5) is 0 Å². The van der Waals surface area contributed by atoms with E-state index in [9.17, 15) is 29.7 Å². The van der Waals surface area contributed by atoms with E-state index in [1.54, 1.807) is 26.0 Å². The molecule has 4 heterocycles. The van der Waals surface area contributed by atoms with Gasteiger partial charge < -0.3 is 34.4 Å². The van der Waals surface area contributed by atoms with Gasteiger partial charge in [0.2, 0.25) is 5.60 Å². The first-order chi connectivity index (χ1) is 32.1. The van der Waals surface area contributed by atoms with Crippen LogP contribution in [0.25, 0.3) is 11.6 Å². The number of aliphatic carboxylic acids is 2. The molecule has 1 fully saturated rings. The minimum Gasteiger partial charge on any atom is -0.506 e. The van der Waals surface area contributed by atoms with Crippen LogP contribution in [0.15, 0.2) is 111 Å². The van der Waals surface area contributed by atoms with Crippen molar-refractivity contribution in [2.45, 2.75) is 133 Å². The number of nitrogens with zero attached hydrogens (tertiary/aromatic N) is 1. The van der Waals surface area contributed by atoms with Crippen molar-refractivity contribution in [3.05, 3.63) is 134 Å². The number of hydrogen-bond acceptors (Lipinski definition) is 9. The summed E-state index contributed by atoms with van der Waals surface area (Å²) in [4.78, 5) is 44.9. The second-order valence-corrected chi connectivity index (χ2v) is 21.4. The fourth-order valence-electron chi connectivity index (χ4n) is 10.2. The summed E-state index contributed by atoms with van der Waals surface area (Å²) in [6.07, 6.45) is 16.5. The van der Waals surface area contributed by atoms with Crippen molar-refractivity contribution in [2.24, 2.45) is 5.92 Å². The molecule has 4 unspecified atom stereocenters. The van der Waals surface area contributed by atoms with Crippen LogP contribution in [0.1, 0.15) is 127 Å². The van der Waals surface area contributed by atoms with Gasteiger partial charge in [-0.1, -0.05) is 83.1 Å². The van der Waals surface area contributed by atoms with Crippen molar-refractivity contribution in [3.8, 4) is 17.2 Å². The van der Waals surface area contributed by atoms with Crippen LogP contribution in [-0.2, 0) is 20.7 Å². The molecule has 0 saturated carbocycles. The van der Waals surface area contributed by atoms with E-state index in [-0.39, 0.29) is 47.0 Å². The molecule has 3 aromatic rings. The lowest BCUT2D eigenvalue weighted by Gasteiger charge is -2.50. The highest BCUT2D eigenvalue weighted by atomic mass is 35.5. The van der Waals surface area contributed by atoms with Crippen molar-refractivity contribution >= 4 is 65.1 Å². The molecule has 69 heavy (non-hydrogen) atoms. The first kappa shape index (κ1) is 53.3. The van der Waals surface area contributed by atoms with Crippen molar-refractivity contribution < 1.29 is 43.9 Å². The quantitative estimate of drug-likeness (QED) is 0.0922. The number of fused-ring (bicyclic) bond motifs is 4. The molecule has 0 bridgehead atoms. The standard InChI is InChI=1S/C38H46O9.C18H18ClNS.ClH/c1-21(2)11-10-18-36(8)19-17-24-29(39)28-30(40)26-12-9-13-27-35(6,7)47-37(34(43)44,20-16-23(5)33(41)42)38(26,27)46-32(28)25(31(24)45-36)15-14-22(3)4;1-20(2)11-5-7-14-15-6-3-4-8-17(15)21-18-10-9-13(19)12-16(14)18;/h11-12,14,16-17,19,27,39H,9-10,13,15,18,20H2,1-8H3,(H,41,42)(H,43,44);3-4,6-10,12H,5,11H2,1-2H3;1H. The molecule has 5 aliphatic rings. The lowest BCUT2D eigenvalue weighted by Crippen LogP contribution is -2.66. The second kappa shape index (κ2) is 20.7. The largest absolute Gasteiger partial charge is 0.506 e. The van der Waals surface area contributed by atoms with E-state index in [4.69, 9.17) is 25.8 Å². The molecule has 4 aliphatic heterocycles. The van der Waals surface area contributed by atoms with E-state index in [2.05, 4.69) is 67.5 Å². The minimum atomic E-state index is -2.16. The SMILES string of the molecule is CC(C)=CCCC1(C)C=Cc2c(O)c3c(c(CC=C(C)C)c2O1)OC12C(=CCCC1C(C)(C)OC2(CC=C(C)C(=O)O)C(=O)O)C3=O.CN(C)CCC=C1c2ccccc2Sc2ccc(Cl)cc21.Cl. The maximum atomic E-state index is 14.7. The molecule has 1 aliphatic carbocycles. The van der Waals surface area contributed by atoms with E-state index < -0.39 is 46.0 Å². The Hall–Kier alpha value is -5.04. The summed E-state index contributed by atoms with van der Waals surface area (Å²) in [5.41, 5.74) is 1.21. The minimum absolute atomic E-state index is 0. The van der Waals surface area contributed by atoms with Gasteiger partial charge in [0.25, 0.3) is 0 Å². The van der Waals surface area contributed by atoms with Crippen LogP contribution in [0.5, 0.6) is 17.2 Å². The van der Waals surface area contributed by atoms with Gasteiger partial charge in [-0.15, -0.1) is 12.4 Å². The Balaban J connectivity index is 0.000000296. The van der Waals surface area contributed by atoms with Crippen molar-refractivity contribution in [1.29, 1.82) is 0 Å². The summed E-state index contributed by atoms with van der Waals surface area (Å²) in [7, 11) is 4.21. The average Bonchev–Trinajstić information content (AvgIpc) is 3.47. The molecule has 3 aromatic carbocycles. The molecule has 10 nitrogen and oxygen atoms in total. The first-order valence-corrected chi connectivity index (χ1v) is 24.5. The number of hydrogen-bond donors (Lipinski definition) is 3. The Morgan fingerprint density at radius 3 is 2.28 bits per heavy atom. The molecule has 1 saturated heterocycles. The predicted molar refractivity (Wildman–Crippen MR) is 278 cm³/mol. The summed E-state index contributed by atoms with van der Waals surface area (Å²) >= 11 is 8.03. The van der Waals surface area contributed by atoms with Crippen molar-refractivity contribution in [2.75, 3.05) is 20.6 Å². The zero-order valence-corrected chi connectivity index (χ0v) is 43.6. The third kappa shape index (κ3) is 10.1. The summed E-state index contributed by atoms with van der Waals surface area (Å²) in [5.74, 6) is -3.53. The molecule has 368 valence electrons. The molecule has 8 rings (SSSR count). The average molecular weight is 999 g/mol. The van der Waals surface area contributed by atoms with Gasteiger partial charge in [-0.2, -0.15) is 0 Å². The molecule has 3 N–H and O–H groups in total. The van der Waals surface area contributed by atoms with Gasteiger partial charge in [-0.3, -0.25) is 4.79 Å². The third-order valence-electron chi connectivity index (χ3n) is 13.6. The maximum absolute atomic E-state index is 14.7. The van der Waals surface area contributed by atoms with Crippen LogP contribution in [-0.4, -0.2) is 81.0 Å². The lowest BCUT2D eigenvalue weighted by molar-refractivity contribution is -0.184. The van der Waals surface area contributed by atoms with E-state index in [0.29, 0.717) is 42.6 Å². The molecule has 0 aromatic heterocycles. The first-order valence-electron chi connectivity index (χ1n) is 23.3. The fourth-order valence-corrected chi connectivity index (χ4v) is 11.5. The van der Waals surface area contributed by atoms with Crippen LogP contribution in [0.3, 0.4) is 0 Å². The number of phenolic OH excluding ortho intramolecular Hbond substituents is 1. The summed E-state index contributed by atoms with van der Waals surface area (Å²) < 4.78 is 20.2. The van der Waals surface area contributed by atoms with E-state index >= 15 is 0 Å². The number of aromatic hydroxyl groups is 1. The molecule has 4 atom stereocenters. The van der Waals surface area contributed by atoms with Gasteiger partial charge >= 0.3 is 11.9 Å². The van der Waals surface area contributed by atoms with Crippen LogP contribution in [0.2, 0.25) is 5.02 Å². The Morgan fingerprint density at radius 1 is 0.913 bits per heavy atom. The Bertz CT molecular complexity index is 2740. The number of allylic oxidation sites excluding steroid dienone is 5. The van der Waals surface area contributed by atoms with Gasteiger partial charge in [-0.05, 0) is 161 Å². The number of phenols is 1. The van der Waals surface area contributed by atoms with Crippen molar-refractivity contribution in [3.63, 3.8) is 0 Å². The van der Waals surface area contributed by atoms with Crippen LogP contribution in [0, 0.1) is 5.92 Å². The van der Waals surface area contributed by atoms with Crippen molar-refractivity contribution in [1.82, 2.24) is 4.90 Å². The molecular formula is C56H65Cl2NO9S. The number of ether oxygens (including phenoxy) is 3. The number of carboxylic acid groups (broad SMARTS) is 2. The summed E-state index contributed by atoms with van der Waals surface area (Å²) in [6, 6.07) is 14.8. The lowest BCUT2D eigenvalue weighted by atomic mass is 9.60. The predicted octanol–water partition coefficient (Wildman–Crippen LogP) is 13.1. The van der Waals surface area contributed by atoms with Gasteiger partial charge in [-0.25, -0.2) is 9.59 Å². The highest BCUT2D eigenvalue weighted by Crippen LogP contribution is 2.64. The van der Waals surface area contributed by atoms with Gasteiger partial charge in [0.05, 0.1) is 11.2 Å². The molecule has 0 amide bonds. The molecular weight excluding hydrogens is 934 g/mol. The normalized spacial score (nSPS) is 24.0. The summed E-state index contributed by atoms with van der Waals surface area (Å²) in [5, 5.41) is 33.2. The smallest absolute Gasteiger partial charge is 0.340 e. The number of carboxylic acids is 2. The highest BCUT2D eigenvalue weighted by Gasteiger charge is 2.77. The second-order valence-electron chi connectivity index (χ2n) is 19.9. The Morgan fingerprint density at radius 2 is 1.61 bits per heavy atom. The van der Waals surface area contributed by atoms with Crippen LogP contribution >= 0.6 is 35.8 Å². The maximum Gasteiger partial charge on any atom is 0.340 e. The number of benzene rings is 3. The number of carbonyl (C=O) groups is 3. The number of rotatable bonds is 12. The van der Waals surface area contributed by atoms with Gasteiger partial charge in [0.15, 0.2) is 11.4 Å². The van der Waals surface area contributed by atoms with Gasteiger partial charge in [0, 0.05) is 50.4 Å². The topological polar surface area (TPSA) is 143 Å². The summed E-state index contributed by atoms with van der Waals surface area (Å²) in [6.45, 7) is 15.9. The molecule has 1 spiro atoms. The van der Waals surface area contributed by atoms with Crippen LogP contribution < -0.4 is 9.47 Å². The zero-order valence-electron chi connectivity index (χ0n) is 41.2. The molecule has 0 radical (unpaired) electrons. The Labute approximate surface area is 422 Å². The number of carbonyl (C=O) groups excluding carboxylic acids is 1. The molecule has 13 heteroatoms. The third-order valence-corrected chi connectivity index (χ3v) is 15.0. The number of halogens is 2. The number of Topliss-reactive ketones (excluding diaryl/α,β-unsaturated/α-hetero) is 1.